The van der Waals surface area contributed by atoms with Crippen molar-refractivity contribution in [2.45, 2.75) is 47.1 Å². The minimum absolute atomic E-state index is 0.0174. The molecule has 0 aliphatic heterocycles. The number of hydrogen-bond acceptors (Lipinski definition) is 3. The number of benzene rings is 1. The molecule has 5 heteroatoms. The van der Waals surface area contributed by atoms with Gasteiger partial charge >= 0.3 is 0 Å². The van der Waals surface area contributed by atoms with Gasteiger partial charge < -0.3 is 5.32 Å². The summed E-state index contributed by atoms with van der Waals surface area (Å²) in [7, 11) is -3.27. The Balaban J connectivity index is 2.54. The summed E-state index contributed by atoms with van der Waals surface area (Å²) < 4.78 is 26.7. The average Bonchev–Trinajstić information content (AvgIpc) is 2.38. The third-order valence-electron chi connectivity index (χ3n) is 3.10. The maximum Gasteiger partial charge on any atom is 0.232 e. The van der Waals surface area contributed by atoms with Gasteiger partial charge in [-0.05, 0) is 42.5 Å². The van der Waals surface area contributed by atoms with Gasteiger partial charge in [0.15, 0.2) is 0 Å². The summed E-state index contributed by atoms with van der Waals surface area (Å²) in [5.41, 5.74) is 1.80. The predicted octanol–water partition coefficient (Wildman–Crippen LogP) is 3.36. The summed E-state index contributed by atoms with van der Waals surface area (Å²) in [6, 6.07) is 7.53. The predicted molar refractivity (Wildman–Crippen MR) is 89.9 cm³/mol. The van der Waals surface area contributed by atoms with E-state index < -0.39 is 10.0 Å². The van der Waals surface area contributed by atoms with E-state index in [9.17, 15) is 8.42 Å². The Morgan fingerprint density at radius 1 is 1.10 bits per heavy atom. The summed E-state index contributed by atoms with van der Waals surface area (Å²) in [4.78, 5) is 0. The van der Waals surface area contributed by atoms with E-state index in [1.807, 2.05) is 45.0 Å². The first-order chi connectivity index (χ1) is 9.72. The van der Waals surface area contributed by atoms with Crippen LogP contribution in [0.5, 0.6) is 0 Å². The van der Waals surface area contributed by atoms with Crippen LogP contribution in [0.2, 0.25) is 0 Å². The highest BCUT2D eigenvalue weighted by atomic mass is 32.2. The molecule has 0 bridgehead atoms. The van der Waals surface area contributed by atoms with Crippen LogP contribution in [0.25, 0.3) is 0 Å². The molecule has 0 aromatic heterocycles. The Kier molecular flexibility index (Phi) is 6.68. The van der Waals surface area contributed by atoms with Gasteiger partial charge in [0, 0.05) is 12.2 Å². The third kappa shape index (κ3) is 8.07. The summed E-state index contributed by atoms with van der Waals surface area (Å²) in [5, 5.41) is 3.32. The smallest absolute Gasteiger partial charge is 0.232 e. The zero-order valence-electron chi connectivity index (χ0n) is 13.6. The van der Waals surface area contributed by atoms with Crippen LogP contribution in [0.15, 0.2) is 24.3 Å². The fraction of sp³-hybridized carbons (Fsp3) is 0.625. The second-order valence-electron chi connectivity index (χ2n) is 6.61. The maximum atomic E-state index is 12.0. The van der Waals surface area contributed by atoms with E-state index in [-0.39, 0.29) is 11.2 Å². The molecule has 0 amide bonds. The molecule has 1 aromatic rings. The molecule has 0 atom stereocenters. The molecule has 0 spiro atoms. The molecule has 0 heterocycles. The van der Waals surface area contributed by atoms with Gasteiger partial charge in [-0.2, -0.15) is 0 Å². The molecule has 0 fully saturated rings. The molecule has 120 valence electrons. The molecule has 21 heavy (non-hydrogen) atoms. The van der Waals surface area contributed by atoms with E-state index in [0.717, 1.165) is 25.1 Å². The number of anilines is 1. The quantitative estimate of drug-likeness (QED) is 0.724. The lowest BCUT2D eigenvalue weighted by molar-refractivity contribution is 0.397. The van der Waals surface area contributed by atoms with Crippen LogP contribution in [-0.2, 0) is 16.6 Å². The lowest BCUT2D eigenvalue weighted by Gasteiger charge is -2.18. The number of hydrogen-bond donors (Lipinski definition) is 2. The summed E-state index contributed by atoms with van der Waals surface area (Å²) >= 11 is 0. The van der Waals surface area contributed by atoms with Crippen molar-refractivity contribution < 1.29 is 8.42 Å². The van der Waals surface area contributed by atoms with E-state index in [1.54, 1.807) is 0 Å². The van der Waals surface area contributed by atoms with Crippen molar-refractivity contribution in [1.82, 2.24) is 5.32 Å². The highest BCUT2D eigenvalue weighted by molar-refractivity contribution is 7.92. The van der Waals surface area contributed by atoms with Crippen molar-refractivity contribution in [3.05, 3.63) is 29.8 Å². The van der Waals surface area contributed by atoms with Gasteiger partial charge in [-0.25, -0.2) is 8.42 Å². The van der Waals surface area contributed by atoms with Crippen LogP contribution in [0.4, 0.5) is 5.69 Å². The maximum absolute atomic E-state index is 12.0. The van der Waals surface area contributed by atoms with E-state index in [1.165, 1.54) is 0 Å². The Bertz CT molecular complexity index is 516. The van der Waals surface area contributed by atoms with Crippen molar-refractivity contribution in [3.63, 3.8) is 0 Å². The summed E-state index contributed by atoms with van der Waals surface area (Å²) in [6.07, 6.45) is 1.74. The van der Waals surface area contributed by atoms with Crippen molar-refractivity contribution in [2.24, 2.45) is 5.41 Å². The third-order valence-corrected chi connectivity index (χ3v) is 4.39. The molecule has 0 aliphatic rings. The number of nitrogens with one attached hydrogen (secondary N) is 2. The first-order valence-corrected chi connectivity index (χ1v) is 9.17. The minimum atomic E-state index is -3.27. The largest absolute Gasteiger partial charge is 0.313 e. The normalized spacial score (nSPS) is 12.4. The Morgan fingerprint density at radius 2 is 1.71 bits per heavy atom. The minimum Gasteiger partial charge on any atom is -0.313 e. The highest BCUT2D eigenvalue weighted by Crippen LogP contribution is 2.20. The molecule has 0 saturated heterocycles. The van der Waals surface area contributed by atoms with Gasteiger partial charge in [0.05, 0.1) is 5.75 Å². The monoisotopic (exact) mass is 312 g/mol. The van der Waals surface area contributed by atoms with Gasteiger partial charge in [0.2, 0.25) is 10.0 Å². The second kappa shape index (κ2) is 7.80. The van der Waals surface area contributed by atoms with Crippen LogP contribution in [0.1, 0.15) is 46.1 Å². The fourth-order valence-corrected chi connectivity index (χ4v) is 3.25. The van der Waals surface area contributed by atoms with Crippen LogP contribution in [0, 0.1) is 5.41 Å². The molecule has 1 rings (SSSR count). The first kappa shape index (κ1) is 18.0. The van der Waals surface area contributed by atoms with Crippen molar-refractivity contribution in [3.8, 4) is 0 Å². The Hall–Kier alpha value is -1.07. The molecule has 0 radical (unpaired) electrons. The molecular formula is C16H28N2O2S. The Morgan fingerprint density at radius 3 is 2.24 bits per heavy atom. The van der Waals surface area contributed by atoms with Crippen LogP contribution >= 0.6 is 0 Å². The van der Waals surface area contributed by atoms with Crippen LogP contribution < -0.4 is 10.0 Å². The van der Waals surface area contributed by atoms with Crippen LogP contribution in [-0.4, -0.2) is 20.7 Å². The summed E-state index contributed by atoms with van der Waals surface area (Å²) in [6.45, 7) is 10.1. The number of rotatable bonds is 8. The summed E-state index contributed by atoms with van der Waals surface area (Å²) in [5.74, 6) is 0.149. The zero-order chi connectivity index (χ0) is 15.9. The zero-order valence-corrected chi connectivity index (χ0v) is 14.4. The second-order valence-corrected chi connectivity index (χ2v) is 8.45. The van der Waals surface area contributed by atoms with Crippen LogP contribution in [0.3, 0.4) is 0 Å². The van der Waals surface area contributed by atoms with Gasteiger partial charge in [-0.15, -0.1) is 0 Å². The molecule has 4 nitrogen and oxygen atoms in total. The molecular weight excluding hydrogens is 284 g/mol. The van der Waals surface area contributed by atoms with Gasteiger partial charge in [0.1, 0.15) is 0 Å². The fourth-order valence-electron chi connectivity index (χ4n) is 1.77. The van der Waals surface area contributed by atoms with E-state index >= 15 is 0 Å². The molecule has 2 N–H and O–H groups in total. The van der Waals surface area contributed by atoms with Gasteiger partial charge in [-0.3, -0.25) is 4.72 Å². The Labute approximate surface area is 129 Å². The molecule has 0 unspecified atom stereocenters. The first-order valence-electron chi connectivity index (χ1n) is 7.52. The van der Waals surface area contributed by atoms with Crippen molar-refractivity contribution >= 4 is 15.7 Å². The topological polar surface area (TPSA) is 58.2 Å². The molecule has 0 aliphatic carbocycles. The number of sulfonamides is 1. The standard InChI is InChI=1S/C16H28N2O2S/c1-5-11-17-13-14-6-8-15(9-7-14)18-21(19,20)12-10-16(2,3)4/h6-9,17-18H,5,10-13H2,1-4H3. The van der Waals surface area contributed by atoms with Gasteiger partial charge in [-0.1, -0.05) is 39.8 Å². The lowest BCUT2D eigenvalue weighted by atomic mass is 9.94. The highest BCUT2D eigenvalue weighted by Gasteiger charge is 2.17. The van der Waals surface area contributed by atoms with Gasteiger partial charge in [0.25, 0.3) is 0 Å². The molecule has 0 saturated carbocycles. The SMILES string of the molecule is CCCNCc1ccc(NS(=O)(=O)CCC(C)(C)C)cc1. The van der Waals surface area contributed by atoms with E-state index in [4.69, 9.17) is 0 Å². The molecule has 1 aromatic carbocycles. The van der Waals surface area contributed by atoms with E-state index in [2.05, 4.69) is 17.0 Å². The van der Waals surface area contributed by atoms with Crippen molar-refractivity contribution in [2.75, 3.05) is 17.0 Å². The lowest BCUT2D eigenvalue weighted by Crippen LogP contribution is -2.21. The van der Waals surface area contributed by atoms with Crippen molar-refractivity contribution in [1.29, 1.82) is 0 Å². The average molecular weight is 312 g/mol. The van der Waals surface area contributed by atoms with E-state index in [0.29, 0.717) is 12.1 Å².